The third-order valence-electron chi connectivity index (χ3n) is 2.85. The Morgan fingerprint density at radius 2 is 1.79 bits per heavy atom. The van der Waals surface area contributed by atoms with Gasteiger partial charge in [0.05, 0.1) is 0 Å². The van der Waals surface area contributed by atoms with Crippen LogP contribution in [0.2, 0.25) is 5.28 Å². The molecule has 4 nitrogen and oxygen atoms in total. The molecule has 2 rings (SSSR count). The molecule has 1 aromatic carbocycles. The molecule has 0 saturated heterocycles. The molecule has 1 aromatic heterocycles. The maximum atomic E-state index is 5.87. The van der Waals surface area contributed by atoms with Gasteiger partial charge in [-0.2, -0.15) is 4.98 Å². The molecule has 0 atom stereocenters. The van der Waals surface area contributed by atoms with Crippen LogP contribution < -0.4 is 10.5 Å². The molecule has 0 radical (unpaired) electrons. The Labute approximate surface area is 117 Å². The van der Waals surface area contributed by atoms with Gasteiger partial charge in [-0.1, -0.05) is 12.1 Å². The lowest BCUT2D eigenvalue weighted by molar-refractivity contribution is 0.450. The topological polar surface area (TPSA) is 61.0 Å². The number of aromatic nitrogens is 2. The number of halogens is 1. The van der Waals surface area contributed by atoms with E-state index in [1.165, 1.54) is 0 Å². The second-order valence-electron chi connectivity index (χ2n) is 4.49. The second kappa shape index (κ2) is 5.55. The fourth-order valence-corrected chi connectivity index (χ4v) is 2.05. The van der Waals surface area contributed by atoms with Crippen molar-refractivity contribution in [3.63, 3.8) is 0 Å². The van der Waals surface area contributed by atoms with Gasteiger partial charge in [0.1, 0.15) is 5.75 Å². The molecule has 2 aromatic rings. The van der Waals surface area contributed by atoms with Gasteiger partial charge in [-0.3, -0.25) is 0 Å². The van der Waals surface area contributed by atoms with Crippen molar-refractivity contribution in [3.8, 4) is 11.6 Å². The van der Waals surface area contributed by atoms with Crippen LogP contribution in [-0.4, -0.2) is 9.97 Å². The molecule has 0 fully saturated rings. The smallest absolute Gasteiger partial charge is 0.226 e. The Morgan fingerprint density at radius 3 is 2.37 bits per heavy atom. The summed E-state index contributed by atoms with van der Waals surface area (Å²) in [6.07, 6.45) is 1.64. The van der Waals surface area contributed by atoms with E-state index in [2.05, 4.69) is 9.97 Å². The quantitative estimate of drug-likeness (QED) is 0.875. The molecule has 100 valence electrons. The van der Waals surface area contributed by atoms with Crippen LogP contribution >= 0.6 is 11.6 Å². The summed E-state index contributed by atoms with van der Waals surface area (Å²) in [5, 5.41) is 0.175. The molecule has 19 heavy (non-hydrogen) atoms. The Kier molecular flexibility index (Phi) is 4.02. The van der Waals surface area contributed by atoms with Crippen molar-refractivity contribution < 1.29 is 4.74 Å². The summed E-state index contributed by atoms with van der Waals surface area (Å²) in [6, 6.07) is 4.03. The zero-order valence-electron chi connectivity index (χ0n) is 11.2. The summed E-state index contributed by atoms with van der Waals surface area (Å²) >= 11 is 5.79. The van der Waals surface area contributed by atoms with E-state index in [0.29, 0.717) is 12.4 Å². The van der Waals surface area contributed by atoms with Gasteiger partial charge in [-0.25, -0.2) is 4.98 Å². The zero-order chi connectivity index (χ0) is 14.0. The minimum Gasteiger partial charge on any atom is -0.438 e. The number of nitrogens with two attached hydrogens (primary N) is 1. The van der Waals surface area contributed by atoms with E-state index in [9.17, 15) is 0 Å². The van der Waals surface area contributed by atoms with Crippen LogP contribution in [0.25, 0.3) is 0 Å². The molecular weight excluding hydrogens is 262 g/mol. The van der Waals surface area contributed by atoms with Crippen molar-refractivity contribution in [2.75, 3.05) is 0 Å². The molecule has 0 amide bonds. The molecular formula is C14H16ClN3O. The van der Waals surface area contributed by atoms with E-state index in [1.807, 2.05) is 32.9 Å². The van der Waals surface area contributed by atoms with Gasteiger partial charge < -0.3 is 10.5 Å². The molecule has 2 N–H and O–H groups in total. The van der Waals surface area contributed by atoms with Crippen LogP contribution in [0.1, 0.15) is 22.3 Å². The molecule has 0 aliphatic carbocycles. The predicted octanol–water partition coefficient (Wildman–Crippen LogP) is 3.31. The summed E-state index contributed by atoms with van der Waals surface area (Å²) in [7, 11) is 0. The van der Waals surface area contributed by atoms with Crippen LogP contribution in [0, 0.1) is 20.8 Å². The predicted molar refractivity (Wildman–Crippen MR) is 75.7 cm³/mol. The van der Waals surface area contributed by atoms with Crippen molar-refractivity contribution in [1.29, 1.82) is 0 Å². The zero-order valence-corrected chi connectivity index (χ0v) is 12.0. The lowest BCUT2D eigenvalue weighted by atomic mass is 10.1. The van der Waals surface area contributed by atoms with Crippen molar-refractivity contribution in [3.05, 3.63) is 45.9 Å². The van der Waals surface area contributed by atoms with E-state index in [-0.39, 0.29) is 5.28 Å². The third-order valence-corrected chi connectivity index (χ3v) is 3.03. The molecule has 5 heteroatoms. The Bertz CT molecular complexity index is 591. The first-order chi connectivity index (χ1) is 9.01. The molecule has 1 heterocycles. The van der Waals surface area contributed by atoms with Crippen molar-refractivity contribution in [1.82, 2.24) is 9.97 Å². The molecule has 0 bridgehead atoms. The second-order valence-corrected chi connectivity index (χ2v) is 4.83. The number of hydrogen-bond donors (Lipinski definition) is 1. The average molecular weight is 278 g/mol. The average Bonchev–Trinajstić information content (AvgIpc) is 2.37. The maximum absolute atomic E-state index is 5.87. The van der Waals surface area contributed by atoms with E-state index in [1.54, 1.807) is 6.20 Å². The van der Waals surface area contributed by atoms with Crippen molar-refractivity contribution >= 4 is 11.6 Å². The van der Waals surface area contributed by atoms with Gasteiger partial charge in [0.25, 0.3) is 0 Å². The standard InChI is InChI=1S/C14H16ClN3O/c1-8-4-11(6-16)5-9(2)12(8)19-13-10(3)7-17-14(15)18-13/h4-5,7H,6,16H2,1-3H3. The highest BCUT2D eigenvalue weighted by Crippen LogP contribution is 2.30. The largest absolute Gasteiger partial charge is 0.438 e. The third kappa shape index (κ3) is 3.03. The first-order valence-electron chi connectivity index (χ1n) is 5.98. The summed E-state index contributed by atoms with van der Waals surface area (Å²) < 4.78 is 5.87. The number of benzene rings is 1. The Morgan fingerprint density at radius 1 is 1.16 bits per heavy atom. The van der Waals surface area contributed by atoms with Gasteiger partial charge in [-0.15, -0.1) is 0 Å². The van der Waals surface area contributed by atoms with E-state index in [4.69, 9.17) is 22.1 Å². The van der Waals surface area contributed by atoms with Gasteiger partial charge in [-0.05, 0) is 49.1 Å². The van der Waals surface area contributed by atoms with Crippen LogP contribution in [-0.2, 0) is 6.54 Å². The lowest BCUT2D eigenvalue weighted by Gasteiger charge is -2.13. The normalized spacial score (nSPS) is 10.6. The highest BCUT2D eigenvalue weighted by molar-refractivity contribution is 6.28. The molecule has 0 saturated carbocycles. The van der Waals surface area contributed by atoms with Crippen molar-refractivity contribution in [2.45, 2.75) is 27.3 Å². The fraction of sp³-hybridized carbons (Fsp3) is 0.286. The van der Waals surface area contributed by atoms with E-state index in [0.717, 1.165) is 28.0 Å². The first kappa shape index (κ1) is 13.8. The molecule has 0 unspecified atom stereocenters. The van der Waals surface area contributed by atoms with Gasteiger partial charge in [0.15, 0.2) is 0 Å². The minimum atomic E-state index is 0.175. The SMILES string of the molecule is Cc1cnc(Cl)nc1Oc1c(C)cc(CN)cc1C. The fourth-order valence-electron chi connectivity index (χ4n) is 1.92. The van der Waals surface area contributed by atoms with Gasteiger partial charge in [0, 0.05) is 18.3 Å². The minimum absolute atomic E-state index is 0.175. The summed E-state index contributed by atoms with van der Waals surface area (Å²) in [5.41, 5.74) is 9.62. The van der Waals surface area contributed by atoms with Crippen molar-refractivity contribution in [2.24, 2.45) is 5.73 Å². The summed E-state index contributed by atoms with van der Waals surface area (Å²) in [5.74, 6) is 1.27. The van der Waals surface area contributed by atoms with Crippen LogP contribution in [0.3, 0.4) is 0 Å². The van der Waals surface area contributed by atoms with E-state index < -0.39 is 0 Å². The number of nitrogens with zero attached hydrogens (tertiary/aromatic N) is 2. The Hall–Kier alpha value is -1.65. The highest BCUT2D eigenvalue weighted by atomic mass is 35.5. The number of hydrogen-bond acceptors (Lipinski definition) is 4. The highest BCUT2D eigenvalue weighted by Gasteiger charge is 2.11. The maximum Gasteiger partial charge on any atom is 0.226 e. The number of ether oxygens (including phenoxy) is 1. The number of rotatable bonds is 3. The molecule has 0 aliphatic heterocycles. The Balaban J connectivity index is 2.41. The van der Waals surface area contributed by atoms with Crippen LogP contribution in [0.4, 0.5) is 0 Å². The van der Waals surface area contributed by atoms with Gasteiger partial charge >= 0.3 is 0 Å². The summed E-state index contributed by atoms with van der Waals surface area (Å²) in [6.45, 7) is 6.37. The van der Waals surface area contributed by atoms with Crippen LogP contribution in [0.15, 0.2) is 18.3 Å². The summed E-state index contributed by atoms with van der Waals surface area (Å²) in [4.78, 5) is 8.01. The first-order valence-corrected chi connectivity index (χ1v) is 6.36. The molecule has 0 aliphatic rings. The van der Waals surface area contributed by atoms with Gasteiger partial charge in [0.2, 0.25) is 11.2 Å². The number of aryl methyl sites for hydroxylation is 3. The van der Waals surface area contributed by atoms with Crippen LogP contribution in [0.5, 0.6) is 11.6 Å². The monoisotopic (exact) mass is 277 g/mol. The van der Waals surface area contributed by atoms with E-state index >= 15 is 0 Å². The molecule has 0 spiro atoms. The lowest BCUT2D eigenvalue weighted by Crippen LogP contribution is -2.01.